The molecule has 1 amide bonds. The van der Waals surface area contributed by atoms with Crippen LogP contribution >= 0.6 is 11.8 Å². The molecule has 0 bridgehead atoms. The third kappa shape index (κ3) is 9.35. The fourth-order valence-electron chi connectivity index (χ4n) is 8.90. The number of fused-ring (bicyclic) bond motifs is 2. The maximum absolute atomic E-state index is 14.2. The lowest BCUT2D eigenvalue weighted by Gasteiger charge is -2.59. The molecule has 0 radical (unpaired) electrons. The minimum atomic E-state index is -1.46. The number of hydrogen-bond acceptors (Lipinski definition) is 10. The van der Waals surface area contributed by atoms with Gasteiger partial charge in [0.2, 0.25) is 5.79 Å². The molecule has 1 heterocycles. The van der Waals surface area contributed by atoms with Gasteiger partial charge in [-0.25, -0.2) is 9.18 Å². The number of nitrogens with zero attached hydrogens (tertiary/aromatic N) is 2. The Balaban J connectivity index is 1.58. The van der Waals surface area contributed by atoms with Gasteiger partial charge < -0.3 is 34.0 Å². The molecule has 0 saturated heterocycles. The van der Waals surface area contributed by atoms with Crippen LogP contribution in [-0.2, 0) is 20.9 Å². The van der Waals surface area contributed by atoms with Gasteiger partial charge in [0.25, 0.3) is 0 Å². The van der Waals surface area contributed by atoms with Crippen LogP contribution in [-0.4, -0.2) is 78.5 Å². The highest BCUT2D eigenvalue weighted by Crippen LogP contribution is 2.62. The van der Waals surface area contributed by atoms with E-state index >= 15 is 0 Å². The van der Waals surface area contributed by atoms with Crippen LogP contribution in [0.25, 0.3) is 0 Å². The summed E-state index contributed by atoms with van der Waals surface area (Å²) in [4.78, 5) is 22.5. The summed E-state index contributed by atoms with van der Waals surface area (Å²) in [7, 11) is 1.51. The summed E-state index contributed by atoms with van der Waals surface area (Å²) in [6.07, 6.45) is 10.2. The molecule has 1 fully saturated rings. The summed E-state index contributed by atoms with van der Waals surface area (Å²) >= 11 is 1.66. The Bertz CT molecular complexity index is 1870. The number of benzene rings is 3. The van der Waals surface area contributed by atoms with Crippen molar-refractivity contribution >= 4 is 23.6 Å². The lowest BCUT2D eigenvalue weighted by atomic mass is 9.55. The molecule has 3 aliphatic rings. The van der Waals surface area contributed by atoms with Crippen LogP contribution < -0.4 is 9.47 Å². The number of thioether (sulfide) groups is 1. The van der Waals surface area contributed by atoms with Crippen molar-refractivity contribution in [2.45, 2.75) is 81.1 Å². The van der Waals surface area contributed by atoms with Crippen molar-refractivity contribution in [3.8, 4) is 17.2 Å². The zero-order valence-electron chi connectivity index (χ0n) is 33.1. The molecule has 306 valence electrons. The average Bonchev–Trinajstić information content (AvgIpc) is 3.22. The number of carbonyl (C=O) groups is 1. The maximum atomic E-state index is 14.2. The summed E-state index contributed by atoms with van der Waals surface area (Å²) in [6.45, 7) is 6.28. The predicted molar refractivity (Wildman–Crippen MR) is 219 cm³/mol. The van der Waals surface area contributed by atoms with E-state index in [-0.39, 0.29) is 63.0 Å². The molecule has 10 nitrogen and oxygen atoms in total. The first-order valence-electron chi connectivity index (χ1n) is 19.9. The molecule has 1 saturated carbocycles. The number of aliphatic hydroxyl groups is 2. The largest absolute Gasteiger partial charge is 0.459 e. The van der Waals surface area contributed by atoms with E-state index in [0.29, 0.717) is 41.4 Å². The Kier molecular flexibility index (Phi) is 14.7. The summed E-state index contributed by atoms with van der Waals surface area (Å²) in [5, 5.41) is 24.3. The summed E-state index contributed by atoms with van der Waals surface area (Å²) in [5.41, 5.74) is 3.23. The van der Waals surface area contributed by atoms with Gasteiger partial charge in [0.15, 0.2) is 0 Å². The lowest BCUT2D eigenvalue weighted by Crippen LogP contribution is -2.70. The van der Waals surface area contributed by atoms with Gasteiger partial charge in [-0.1, -0.05) is 42.3 Å². The SMILES string of the molecule is C=CCO[C@@]12Oc3ccc(Oc4ccc(SC)cc4)cc3[C@H]3[C@H](CCCCO)[C@@H](CCCCO)C=C(C(=NOC)C[C@@H]1N(Cc1ccc(F)cc1)C(=O)OCC)[C@H]32. The molecule has 6 atom stereocenters. The summed E-state index contributed by atoms with van der Waals surface area (Å²) in [6, 6.07) is 19.1. The van der Waals surface area contributed by atoms with Gasteiger partial charge in [-0.15, -0.1) is 18.3 Å². The molecule has 6 rings (SSSR count). The topological polar surface area (TPSA) is 119 Å². The number of allylic oxidation sites excluding steroid dienone is 1. The van der Waals surface area contributed by atoms with Crippen LogP contribution in [0.15, 0.2) is 101 Å². The van der Waals surface area contributed by atoms with Crippen LogP contribution in [0.5, 0.6) is 17.2 Å². The number of oxime groups is 1. The number of aliphatic hydroxyl groups excluding tert-OH is 2. The van der Waals surface area contributed by atoms with Gasteiger partial charge in [0.05, 0.1) is 24.8 Å². The molecule has 2 aliphatic carbocycles. The summed E-state index contributed by atoms with van der Waals surface area (Å²) < 4.78 is 40.6. The number of carbonyl (C=O) groups excluding carboxylic acids is 1. The Hall–Kier alpha value is -4.36. The lowest BCUT2D eigenvalue weighted by molar-refractivity contribution is -0.256. The second-order valence-corrected chi connectivity index (χ2v) is 15.6. The Morgan fingerprint density at radius 2 is 1.75 bits per heavy atom. The van der Waals surface area contributed by atoms with Crippen LogP contribution in [0.2, 0.25) is 0 Å². The van der Waals surface area contributed by atoms with Crippen LogP contribution in [0, 0.1) is 23.6 Å². The van der Waals surface area contributed by atoms with E-state index in [1.54, 1.807) is 41.8 Å². The fraction of sp³-hybridized carbons (Fsp3) is 0.467. The first-order valence-corrected chi connectivity index (χ1v) is 21.1. The van der Waals surface area contributed by atoms with Crippen molar-refractivity contribution in [3.05, 3.63) is 108 Å². The number of rotatable bonds is 19. The molecule has 3 aromatic rings. The number of ether oxygens (including phenoxy) is 4. The molecule has 12 heteroatoms. The molecular formula is C45H55FN2O8S. The smallest absolute Gasteiger partial charge is 0.410 e. The van der Waals surface area contributed by atoms with Gasteiger partial charge in [-0.3, -0.25) is 4.90 Å². The third-order valence-corrected chi connectivity index (χ3v) is 12.0. The number of amides is 1. The molecule has 1 aliphatic heterocycles. The Morgan fingerprint density at radius 1 is 1.04 bits per heavy atom. The highest BCUT2D eigenvalue weighted by atomic mass is 32.2. The maximum Gasteiger partial charge on any atom is 0.410 e. The van der Waals surface area contributed by atoms with Crippen molar-refractivity contribution in [2.75, 3.05) is 39.8 Å². The third-order valence-electron chi connectivity index (χ3n) is 11.3. The van der Waals surface area contributed by atoms with Crippen LogP contribution in [0.3, 0.4) is 0 Å². The van der Waals surface area contributed by atoms with Crippen molar-refractivity contribution in [1.29, 1.82) is 0 Å². The Labute approximate surface area is 339 Å². The number of hydrogen-bond donors (Lipinski definition) is 2. The molecule has 0 spiro atoms. The quantitative estimate of drug-likeness (QED) is 0.0529. The molecule has 57 heavy (non-hydrogen) atoms. The van der Waals surface area contributed by atoms with E-state index in [9.17, 15) is 19.4 Å². The Morgan fingerprint density at radius 3 is 2.42 bits per heavy atom. The van der Waals surface area contributed by atoms with Crippen molar-refractivity contribution in [1.82, 2.24) is 4.90 Å². The molecule has 3 aromatic carbocycles. The van der Waals surface area contributed by atoms with Gasteiger partial charge in [-0.2, -0.15) is 0 Å². The first kappa shape index (κ1) is 42.3. The van der Waals surface area contributed by atoms with Gasteiger partial charge in [0.1, 0.15) is 36.2 Å². The minimum Gasteiger partial charge on any atom is -0.459 e. The van der Waals surface area contributed by atoms with Crippen LogP contribution in [0.4, 0.5) is 9.18 Å². The molecular weight excluding hydrogens is 748 g/mol. The van der Waals surface area contributed by atoms with Crippen LogP contribution in [0.1, 0.15) is 68.9 Å². The predicted octanol–water partition coefficient (Wildman–Crippen LogP) is 9.26. The number of halogens is 1. The highest BCUT2D eigenvalue weighted by molar-refractivity contribution is 7.98. The monoisotopic (exact) mass is 802 g/mol. The zero-order chi connectivity index (χ0) is 40.4. The number of unbranched alkanes of at least 4 members (excludes halogenated alkanes) is 2. The standard InChI is InChI=1S/C45H55FN2O8S/c1-5-25-54-45-41(48(44(51)53-6-2)29-30-13-15-32(46)16-14-30)28-39(47-52-3)37-26-31(11-7-9-23-49)36(12-8-10-24-50)42(43(37)45)38-27-34(19-22-40(38)56-45)55-33-17-20-35(57-4)21-18-33/h5,13-22,26-27,31,36,41-43,49-50H,1,6-12,23-25,28-29H2,2-4H3/t31-,36+,41-,42+,43+,45+/m0/s1. The van der Waals surface area contributed by atoms with Gasteiger partial charge in [0, 0.05) is 42.6 Å². The van der Waals surface area contributed by atoms with Crippen molar-refractivity contribution in [3.63, 3.8) is 0 Å². The second kappa shape index (κ2) is 19.9. The van der Waals surface area contributed by atoms with Crippen molar-refractivity contribution in [2.24, 2.45) is 22.9 Å². The minimum absolute atomic E-state index is 0.0464. The van der Waals surface area contributed by atoms with E-state index in [0.717, 1.165) is 41.7 Å². The molecule has 0 aromatic heterocycles. The molecule has 2 N–H and O–H groups in total. The van der Waals surface area contributed by atoms with E-state index in [1.165, 1.54) is 19.2 Å². The van der Waals surface area contributed by atoms with Gasteiger partial charge in [-0.05, 0) is 116 Å². The fourth-order valence-corrected chi connectivity index (χ4v) is 9.31. The second-order valence-electron chi connectivity index (χ2n) is 14.7. The average molecular weight is 803 g/mol. The van der Waals surface area contributed by atoms with E-state index in [1.807, 2.05) is 42.7 Å². The highest BCUT2D eigenvalue weighted by Gasteiger charge is 2.65. The van der Waals surface area contributed by atoms with E-state index in [2.05, 4.69) is 23.9 Å². The van der Waals surface area contributed by atoms with E-state index < -0.39 is 23.8 Å². The van der Waals surface area contributed by atoms with Gasteiger partial charge >= 0.3 is 6.09 Å². The van der Waals surface area contributed by atoms with E-state index in [4.69, 9.17) is 23.8 Å². The zero-order valence-corrected chi connectivity index (χ0v) is 33.9. The first-order chi connectivity index (χ1) is 27.8. The normalized spacial score (nSPS) is 24.1. The van der Waals surface area contributed by atoms with Crippen molar-refractivity contribution < 1.29 is 43.2 Å². The summed E-state index contributed by atoms with van der Waals surface area (Å²) in [5.74, 6) is -0.468. The molecule has 0 unspecified atom stereocenters.